The van der Waals surface area contributed by atoms with Crippen LogP contribution in [0.15, 0.2) is 0 Å². The predicted octanol–water partition coefficient (Wildman–Crippen LogP) is 0.0766. The summed E-state index contributed by atoms with van der Waals surface area (Å²) in [5.74, 6) is -0.758. The van der Waals surface area contributed by atoms with E-state index in [0.29, 0.717) is 26.1 Å². The molecule has 1 fully saturated rings. The number of nitrogens with one attached hydrogen (secondary N) is 1. The van der Waals surface area contributed by atoms with Crippen LogP contribution in [0.4, 0.5) is 0 Å². The summed E-state index contributed by atoms with van der Waals surface area (Å²) < 4.78 is 5.56. The number of hydrogen-bond donors (Lipinski definition) is 2. The number of carboxylic acid groups (broad SMARTS) is 1. The highest BCUT2D eigenvalue weighted by molar-refractivity contribution is 5.78. The minimum atomic E-state index is -0.807. The Morgan fingerprint density at radius 1 is 1.33 bits per heavy atom. The molecule has 0 bridgehead atoms. The number of amides is 1. The zero-order chi connectivity index (χ0) is 13.5. The average molecular weight is 258 g/mol. The maximum atomic E-state index is 11.9. The number of morpholine rings is 1. The molecule has 0 aromatic rings. The van der Waals surface area contributed by atoms with E-state index in [1.165, 1.54) is 0 Å². The Morgan fingerprint density at radius 2 is 1.94 bits per heavy atom. The Kier molecular flexibility index (Phi) is 6.07. The van der Waals surface area contributed by atoms with Gasteiger partial charge in [-0.3, -0.25) is 9.59 Å². The lowest BCUT2D eigenvalue weighted by atomic mass is 10.2. The van der Waals surface area contributed by atoms with Crippen LogP contribution in [0.25, 0.3) is 0 Å². The van der Waals surface area contributed by atoms with Gasteiger partial charge in [0, 0.05) is 19.5 Å². The molecule has 1 aliphatic rings. The number of nitrogens with zero attached hydrogens (tertiary/aromatic N) is 1. The van der Waals surface area contributed by atoms with Crippen LogP contribution in [0.5, 0.6) is 0 Å². The van der Waals surface area contributed by atoms with Crippen LogP contribution in [0.1, 0.15) is 26.7 Å². The predicted molar refractivity (Wildman–Crippen MR) is 66.3 cm³/mol. The van der Waals surface area contributed by atoms with Crippen molar-refractivity contribution in [3.63, 3.8) is 0 Å². The van der Waals surface area contributed by atoms with Gasteiger partial charge in [0.2, 0.25) is 5.91 Å². The molecule has 18 heavy (non-hydrogen) atoms. The Balaban J connectivity index is 2.18. The molecule has 1 aliphatic heterocycles. The van der Waals surface area contributed by atoms with Crippen LogP contribution in [0.2, 0.25) is 0 Å². The minimum absolute atomic E-state index is 0.0484. The number of carboxylic acids is 1. The molecule has 0 aromatic heterocycles. The van der Waals surface area contributed by atoms with Gasteiger partial charge in [0.1, 0.15) is 0 Å². The smallest absolute Gasteiger partial charge is 0.303 e. The van der Waals surface area contributed by atoms with E-state index in [0.717, 1.165) is 0 Å². The lowest BCUT2D eigenvalue weighted by Crippen LogP contribution is -2.50. The molecule has 1 heterocycles. The summed E-state index contributed by atoms with van der Waals surface area (Å²) in [6.07, 6.45) is 0.820. The highest BCUT2D eigenvalue weighted by atomic mass is 16.5. The van der Waals surface area contributed by atoms with E-state index in [4.69, 9.17) is 9.84 Å². The minimum Gasteiger partial charge on any atom is -0.481 e. The van der Waals surface area contributed by atoms with E-state index in [1.807, 2.05) is 13.8 Å². The molecule has 2 N–H and O–H groups in total. The van der Waals surface area contributed by atoms with Gasteiger partial charge < -0.3 is 20.1 Å². The fraction of sp³-hybridized carbons (Fsp3) is 0.833. The summed E-state index contributed by atoms with van der Waals surface area (Å²) in [6.45, 7) is 5.97. The summed E-state index contributed by atoms with van der Waals surface area (Å²) in [5, 5.41) is 11.4. The van der Waals surface area contributed by atoms with E-state index in [2.05, 4.69) is 5.32 Å². The molecule has 2 atom stereocenters. The van der Waals surface area contributed by atoms with Gasteiger partial charge in [-0.05, 0) is 26.8 Å². The number of carbonyl (C=O) groups is 2. The Labute approximate surface area is 107 Å². The van der Waals surface area contributed by atoms with E-state index in [1.54, 1.807) is 4.90 Å². The van der Waals surface area contributed by atoms with Gasteiger partial charge in [-0.25, -0.2) is 0 Å². The van der Waals surface area contributed by atoms with Crippen molar-refractivity contribution in [2.75, 3.05) is 26.2 Å². The monoisotopic (exact) mass is 258 g/mol. The first-order valence-electron chi connectivity index (χ1n) is 6.34. The Morgan fingerprint density at radius 3 is 2.50 bits per heavy atom. The normalized spacial score (nSPS) is 24.0. The van der Waals surface area contributed by atoms with Gasteiger partial charge in [0.05, 0.1) is 18.8 Å². The molecule has 0 aromatic carbocycles. The summed E-state index contributed by atoms with van der Waals surface area (Å²) in [5.41, 5.74) is 0. The van der Waals surface area contributed by atoms with Gasteiger partial charge in [0.15, 0.2) is 0 Å². The second-order valence-electron chi connectivity index (χ2n) is 4.73. The van der Waals surface area contributed by atoms with Crippen molar-refractivity contribution >= 4 is 11.9 Å². The first-order chi connectivity index (χ1) is 8.49. The van der Waals surface area contributed by atoms with E-state index in [-0.39, 0.29) is 31.1 Å². The van der Waals surface area contributed by atoms with E-state index >= 15 is 0 Å². The number of aliphatic carboxylic acids is 1. The first kappa shape index (κ1) is 14.9. The summed E-state index contributed by atoms with van der Waals surface area (Å²) in [4.78, 5) is 24.0. The maximum absolute atomic E-state index is 11.9. The Bertz CT molecular complexity index is 286. The molecule has 1 rings (SSSR count). The quantitative estimate of drug-likeness (QED) is 0.659. The third kappa shape index (κ3) is 5.46. The molecular weight excluding hydrogens is 236 g/mol. The third-order valence-corrected chi connectivity index (χ3v) is 2.79. The maximum Gasteiger partial charge on any atom is 0.303 e. The number of rotatable bonds is 6. The highest BCUT2D eigenvalue weighted by Gasteiger charge is 2.25. The molecule has 6 nitrogen and oxygen atoms in total. The van der Waals surface area contributed by atoms with Gasteiger partial charge in [0.25, 0.3) is 0 Å². The van der Waals surface area contributed by atoms with Crippen LogP contribution in [-0.4, -0.2) is 60.3 Å². The molecular formula is C12H22N2O4. The van der Waals surface area contributed by atoms with E-state index < -0.39 is 5.97 Å². The fourth-order valence-electron chi connectivity index (χ4n) is 2.05. The molecule has 0 aliphatic carbocycles. The number of carbonyl (C=O) groups excluding carboxylic acids is 1. The topological polar surface area (TPSA) is 78.9 Å². The van der Waals surface area contributed by atoms with Crippen LogP contribution in [-0.2, 0) is 14.3 Å². The van der Waals surface area contributed by atoms with Crippen molar-refractivity contribution in [1.82, 2.24) is 10.2 Å². The van der Waals surface area contributed by atoms with Crippen LogP contribution in [0.3, 0.4) is 0 Å². The summed E-state index contributed by atoms with van der Waals surface area (Å²) in [6, 6.07) is 0. The molecule has 6 heteroatoms. The molecule has 2 unspecified atom stereocenters. The molecule has 0 saturated carbocycles. The fourth-order valence-corrected chi connectivity index (χ4v) is 2.05. The highest BCUT2D eigenvalue weighted by Crippen LogP contribution is 2.10. The summed E-state index contributed by atoms with van der Waals surface area (Å²) >= 11 is 0. The molecule has 1 saturated heterocycles. The third-order valence-electron chi connectivity index (χ3n) is 2.79. The van der Waals surface area contributed by atoms with Crippen molar-refractivity contribution in [3.05, 3.63) is 0 Å². The van der Waals surface area contributed by atoms with E-state index in [9.17, 15) is 9.59 Å². The largest absolute Gasteiger partial charge is 0.481 e. The van der Waals surface area contributed by atoms with Gasteiger partial charge >= 0.3 is 5.97 Å². The van der Waals surface area contributed by atoms with Crippen LogP contribution in [0, 0.1) is 0 Å². The second-order valence-corrected chi connectivity index (χ2v) is 4.73. The van der Waals surface area contributed by atoms with Crippen molar-refractivity contribution in [2.45, 2.75) is 38.9 Å². The average Bonchev–Trinajstić information content (AvgIpc) is 2.26. The van der Waals surface area contributed by atoms with Crippen LogP contribution >= 0.6 is 0 Å². The molecule has 104 valence electrons. The number of ether oxygens (including phenoxy) is 1. The summed E-state index contributed by atoms with van der Waals surface area (Å²) in [7, 11) is 0. The second kappa shape index (κ2) is 7.33. The van der Waals surface area contributed by atoms with Crippen molar-refractivity contribution in [3.8, 4) is 0 Å². The first-order valence-corrected chi connectivity index (χ1v) is 6.34. The van der Waals surface area contributed by atoms with Crippen molar-refractivity contribution < 1.29 is 19.4 Å². The molecule has 1 amide bonds. The lowest BCUT2D eigenvalue weighted by Gasteiger charge is -2.35. The van der Waals surface area contributed by atoms with Gasteiger partial charge in [-0.2, -0.15) is 0 Å². The number of hydrogen-bond acceptors (Lipinski definition) is 4. The SMILES string of the molecule is CC1CN(C(=O)CNCCCC(=O)O)CC(C)O1. The standard InChI is InChI=1S/C12H22N2O4/c1-9-7-14(8-10(2)18-9)11(15)6-13-5-3-4-12(16)17/h9-10,13H,3-8H2,1-2H3,(H,16,17). The molecule has 0 spiro atoms. The Hall–Kier alpha value is -1.14. The lowest BCUT2D eigenvalue weighted by molar-refractivity contribution is -0.142. The van der Waals surface area contributed by atoms with Crippen molar-refractivity contribution in [2.24, 2.45) is 0 Å². The zero-order valence-corrected chi connectivity index (χ0v) is 11.0. The molecule has 0 radical (unpaired) electrons. The van der Waals surface area contributed by atoms with Crippen molar-refractivity contribution in [1.29, 1.82) is 0 Å². The van der Waals surface area contributed by atoms with Crippen LogP contribution < -0.4 is 5.32 Å². The zero-order valence-electron chi connectivity index (χ0n) is 11.0. The van der Waals surface area contributed by atoms with Gasteiger partial charge in [-0.1, -0.05) is 0 Å². The van der Waals surface area contributed by atoms with Gasteiger partial charge in [-0.15, -0.1) is 0 Å².